The number of carbonyl (C=O) groups excluding carboxylic acids is 2. The quantitative estimate of drug-likeness (QED) is 0.642. The third-order valence-electron chi connectivity index (χ3n) is 8.67. The summed E-state index contributed by atoms with van der Waals surface area (Å²) >= 11 is 3.46. The van der Waals surface area contributed by atoms with Crippen molar-refractivity contribution in [1.82, 2.24) is 14.5 Å². The van der Waals surface area contributed by atoms with E-state index in [0.717, 1.165) is 49.6 Å². The van der Waals surface area contributed by atoms with Gasteiger partial charge >= 0.3 is 0 Å². The van der Waals surface area contributed by atoms with E-state index >= 15 is 0 Å². The van der Waals surface area contributed by atoms with Gasteiger partial charge in [-0.1, -0.05) is 20.8 Å². The molecule has 2 aromatic heterocycles. The Bertz CT molecular complexity index is 1110. The van der Waals surface area contributed by atoms with E-state index in [-0.39, 0.29) is 40.9 Å². The minimum absolute atomic E-state index is 0.0331. The number of carbonyl (C=O) groups is 2. The standard InChI is InChI=1S/C26H36N4O3S2/c1-15(24(33)30-10-12-34-13-11-30)17-7-8-26(3)14-19-21(16(2)20(26)22(17)31)27-25(35-19)28-23(32)18-6-5-9-29(18)4/h5-6,9,15-17,20,22,31H,7-8,10-14H2,1-4H3,(H,27,28,32)/t15-,16-,17+,20+,22-,26-/m0/s1. The molecule has 0 aromatic carbocycles. The van der Waals surface area contributed by atoms with Gasteiger partial charge in [-0.15, -0.1) is 11.3 Å². The lowest BCUT2D eigenvalue weighted by Gasteiger charge is -2.53. The summed E-state index contributed by atoms with van der Waals surface area (Å²) in [7, 11) is 1.85. The Labute approximate surface area is 215 Å². The summed E-state index contributed by atoms with van der Waals surface area (Å²) in [5.74, 6) is 1.92. The van der Waals surface area contributed by atoms with Crippen molar-refractivity contribution in [2.45, 2.75) is 52.1 Å². The summed E-state index contributed by atoms with van der Waals surface area (Å²) in [6, 6.07) is 3.64. The molecule has 5 rings (SSSR count). The lowest BCUT2D eigenvalue weighted by Crippen LogP contribution is -2.54. The molecular weight excluding hydrogens is 480 g/mol. The molecule has 1 saturated carbocycles. The van der Waals surface area contributed by atoms with E-state index in [1.54, 1.807) is 22.0 Å². The highest BCUT2D eigenvalue weighted by molar-refractivity contribution is 7.99. The molecule has 7 nitrogen and oxygen atoms in total. The molecule has 2 aliphatic carbocycles. The first-order valence-electron chi connectivity index (χ1n) is 12.7. The van der Waals surface area contributed by atoms with Gasteiger partial charge in [0.15, 0.2) is 5.13 Å². The molecule has 2 fully saturated rings. The van der Waals surface area contributed by atoms with E-state index in [4.69, 9.17) is 4.98 Å². The number of hydrogen-bond acceptors (Lipinski definition) is 6. The maximum atomic E-state index is 13.2. The minimum Gasteiger partial charge on any atom is -0.392 e. The molecule has 6 atom stereocenters. The molecule has 0 bridgehead atoms. The zero-order valence-electron chi connectivity index (χ0n) is 21.0. The molecule has 0 radical (unpaired) electrons. The number of aryl methyl sites for hydroxylation is 1. The van der Waals surface area contributed by atoms with Crippen LogP contribution in [0.3, 0.4) is 0 Å². The zero-order valence-corrected chi connectivity index (χ0v) is 22.6. The summed E-state index contributed by atoms with van der Waals surface area (Å²) in [4.78, 5) is 34.0. The molecule has 1 aliphatic heterocycles. The normalized spacial score (nSPS) is 31.4. The molecule has 2 amide bonds. The Morgan fingerprint density at radius 3 is 2.74 bits per heavy atom. The second-order valence-electron chi connectivity index (χ2n) is 10.9. The Morgan fingerprint density at radius 1 is 1.31 bits per heavy atom. The van der Waals surface area contributed by atoms with Crippen LogP contribution in [-0.4, -0.2) is 62.1 Å². The average Bonchev–Trinajstić information content (AvgIpc) is 3.44. The van der Waals surface area contributed by atoms with Crippen molar-refractivity contribution in [2.24, 2.45) is 30.2 Å². The van der Waals surface area contributed by atoms with Gasteiger partial charge in [-0.05, 0) is 48.6 Å². The summed E-state index contributed by atoms with van der Waals surface area (Å²) in [5.41, 5.74) is 1.54. The van der Waals surface area contributed by atoms with Gasteiger partial charge in [0.1, 0.15) is 5.69 Å². The molecule has 0 spiro atoms. The number of anilines is 1. The van der Waals surface area contributed by atoms with Crippen molar-refractivity contribution < 1.29 is 14.7 Å². The predicted molar refractivity (Wildman–Crippen MR) is 141 cm³/mol. The van der Waals surface area contributed by atoms with Crippen molar-refractivity contribution in [3.05, 3.63) is 34.6 Å². The van der Waals surface area contributed by atoms with Crippen LogP contribution in [0, 0.1) is 23.2 Å². The maximum absolute atomic E-state index is 13.2. The SMILES string of the molecule is C[C@H](C(=O)N1CCSCC1)[C@H]1CC[C@@]2(C)Cc3sc(NC(=O)c4cccn4C)nc3[C@@H](C)[C@@H]2[C@H]1O. The number of aliphatic hydroxyl groups is 1. The number of aromatic nitrogens is 2. The summed E-state index contributed by atoms with van der Waals surface area (Å²) in [5, 5.41) is 15.3. The molecule has 190 valence electrons. The highest BCUT2D eigenvalue weighted by atomic mass is 32.2. The maximum Gasteiger partial charge on any atom is 0.274 e. The van der Waals surface area contributed by atoms with E-state index < -0.39 is 6.10 Å². The lowest BCUT2D eigenvalue weighted by molar-refractivity contribution is -0.144. The largest absolute Gasteiger partial charge is 0.392 e. The van der Waals surface area contributed by atoms with Crippen LogP contribution in [-0.2, 0) is 18.3 Å². The lowest BCUT2D eigenvalue weighted by atomic mass is 9.53. The summed E-state index contributed by atoms with van der Waals surface area (Å²) in [6.07, 6.45) is 4.01. The van der Waals surface area contributed by atoms with Crippen molar-refractivity contribution >= 4 is 40.0 Å². The van der Waals surface area contributed by atoms with Gasteiger partial charge in [0.25, 0.3) is 5.91 Å². The third-order valence-corrected chi connectivity index (χ3v) is 10.6. The minimum atomic E-state index is -0.543. The first-order valence-corrected chi connectivity index (χ1v) is 14.6. The number of nitrogens with zero attached hydrogens (tertiary/aromatic N) is 3. The van der Waals surface area contributed by atoms with Crippen LogP contribution in [0.5, 0.6) is 0 Å². The first kappa shape index (κ1) is 24.8. The molecule has 35 heavy (non-hydrogen) atoms. The average molecular weight is 517 g/mol. The fraction of sp³-hybridized carbons (Fsp3) is 0.654. The van der Waals surface area contributed by atoms with Crippen LogP contribution in [0.15, 0.2) is 18.3 Å². The molecule has 1 saturated heterocycles. The van der Waals surface area contributed by atoms with Crippen LogP contribution in [0.2, 0.25) is 0 Å². The third kappa shape index (κ3) is 4.44. The van der Waals surface area contributed by atoms with Crippen molar-refractivity contribution in [3.8, 4) is 0 Å². The number of fused-ring (bicyclic) bond motifs is 2. The number of rotatable bonds is 4. The fourth-order valence-electron chi connectivity index (χ4n) is 6.71. The second kappa shape index (κ2) is 9.56. The van der Waals surface area contributed by atoms with Crippen LogP contribution < -0.4 is 5.32 Å². The van der Waals surface area contributed by atoms with Gasteiger partial charge in [0, 0.05) is 54.6 Å². The summed E-state index contributed by atoms with van der Waals surface area (Å²) in [6.45, 7) is 8.08. The fourth-order valence-corrected chi connectivity index (χ4v) is 8.88. The Balaban J connectivity index is 1.34. The zero-order chi connectivity index (χ0) is 24.9. The van der Waals surface area contributed by atoms with Gasteiger partial charge in [-0.2, -0.15) is 11.8 Å². The van der Waals surface area contributed by atoms with E-state index in [0.29, 0.717) is 10.8 Å². The topological polar surface area (TPSA) is 87.5 Å². The van der Waals surface area contributed by atoms with Gasteiger partial charge in [0.2, 0.25) is 5.91 Å². The number of thiazole rings is 1. The smallest absolute Gasteiger partial charge is 0.274 e. The molecular formula is C26H36N4O3S2. The van der Waals surface area contributed by atoms with Gasteiger partial charge in [-0.3, -0.25) is 14.9 Å². The number of amides is 2. The Kier molecular flexibility index (Phi) is 6.78. The molecule has 0 unspecified atom stereocenters. The predicted octanol–water partition coefficient (Wildman–Crippen LogP) is 4.00. The van der Waals surface area contributed by atoms with Gasteiger partial charge < -0.3 is 14.6 Å². The van der Waals surface area contributed by atoms with E-state index in [1.165, 1.54) is 4.88 Å². The molecule has 3 aliphatic rings. The van der Waals surface area contributed by atoms with Crippen molar-refractivity contribution in [1.29, 1.82) is 0 Å². The van der Waals surface area contributed by atoms with Crippen LogP contribution in [0.25, 0.3) is 0 Å². The van der Waals surface area contributed by atoms with E-state index in [9.17, 15) is 14.7 Å². The van der Waals surface area contributed by atoms with Crippen LogP contribution >= 0.6 is 23.1 Å². The Morgan fingerprint density at radius 2 is 2.06 bits per heavy atom. The molecule has 2 aromatic rings. The second-order valence-corrected chi connectivity index (χ2v) is 13.2. The Hall–Kier alpha value is -1.84. The van der Waals surface area contributed by atoms with Crippen LogP contribution in [0.1, 0.15) is 60.6 Å². The van der Waals surface area contributed by atoms with E-state index in [1.807, 2.05) is 42.9 Å². The van der Waals surface area contributed by atoms with Crippen molar-refractivity contribution in [3.63, 3.8) is 0 Å². The van der Waals surface area contributed by atoms with Crippen molar-refractivity contribution in [2.75, 3.05) is 29.9 Å². The number of thioether (sulfide) groups is 1. The molecule has 2 N–H and O–H groups in total. The van der Waals surface area contributed by atoms with Gasteiger partial charge in [0.05, 0.1) is 11.8 Å². The van der Waals surface area contributed by atoms with Crippen LogP contribution in [0.4, 0.5) is 5.13 Å². The highest BCUT2D eigenvalue weighted by Crippen LogP contribution is 2.57. The molecule has 9 heteroatoms. The number of aliphatic hydroxyl groups excluding tert-OH is 1. The van der Waals surface area contributed by atoms with E-state index in [2.05, 4.69) is 19.2 Å². The summed E-state index contributed by atoms with van der Waals surface area (Å²) < 4.78 is 1.79. The number of hydrogen-bond donors (Lipinski definition) is 2. The molecule has 3 heterocycles. The highest BCUT2D eigenvalue weighted by Gasteiger charge is 2.54. The van der Waals surface area contributed by atoms with Gasteiger partial charge in [-0.25, -0.2) is 4.98 Å². The first-order chi connectivity index (χ1) is 16.7. The monoisotopic (exact) mass is 516 g/mol. The number of nitrogens with one attached hydrogen (secondary N) is 1.